The third kappa shape index (κ3) is 1.88. The Morgan fingerprint density at radius 1 is 1.20 bits per heavy atom. The maximum Gasteiger partial charge on any atom is 0.137 e. The quantitative estimate of drug-likeness (QED) is 0.816. The summed E-state index contributed by atoms with van der Waals surface area (Å²) in [6, 6.07) is 3.85. The van der Waals surface area contributed by atoms with Crippen LogP contribution in [0.15, 0.2) is 24.5 Å². The van der Waals surface area contributed by atoms with Crippen LogP contribution < -0.4 is 0 Å². The number of aliphatic hydroxyl groups excluding tert-OH is 1. The first-order valence-corrected chi connectivity index (χ1v) is 5.24. The van der Waals surface area contributed by atoms with Crippen LogP contribution in [-0.4, -0.2) is 14.5 Å². The highest BCUT2D eigenvalue weighted by molar-refractivity contribution is 5.42. The van der Waals surface area contributed by atoms with Crippen molar-refractivity contribution >= 4 is 5.65 Å². The zero-order chi connectivity index (χ0) is 11.0. The van der Waals surface area contributed by atoms with Crippen LogP contribution in [0.3, 0.4) is 0 Å². The topological polar surface area (TPSA) is 37.5 Å². The molecule has 3 nitrogen and oxygen atoms in total. The molecule has 0 bridgehead atoms. The molecule has 0 radical (unpaired) electrons. The average Bonchev–Trinajstić information content (AvgIpc) is 2.59. The third-order valence-corrected chi connectivity index (χ3v) is 2.57. The molecule has 0 saturated heterocycles. The van der Waals surface area contributed by atoms with Gasteiger partial charge < -0.3 is 9.51 Å². The van der Waals surface area contributed by atoms with Gasteiger partial charge in [-0.1, -0.05) is 19.9 Å². The first kappa shape index (κ1) is 10.2. The Balaban J connectivity index is 2.52. The maximum absolute atomic E-state index is 9.47. The van der Waals surface area contributed by atoms with Crippen molar-refractivity contribution in [3.05, 3.63) is 35.8 Å². The lowest BCUT2D eigenvalue weighted by Crippen LogP contribution is -1.93. The molecule has 0 aliphatic carbocycles. The van der Waals surface area contributed by atoms with E-state index in [4.69, 9.17) is 0 Å². The zero-order valence-corrected chi connectivity index (χ0v) is 9.31. The van der Waals surface area contributed by atoms with Crippen molar-refractivity contribution in [2.24, 2.45) is 0 Å². The molecule has 0 aliphatic heterocycles. The van der Waals surface area contributed by atoms with E-state index in [9.17, 15) is 5.11 Å². The largest absolute Gasteiger partial charge is 0.389 e. The predicted octanol–water partition coefficient (Wildman–Crippen LogP) is 2.51. The van der Waals surface area contributed by atoms with Gasteiger partial charge in [0.2, 0.25) is 0 Å². The molecule has 2 rings (SSSR count). The smallest absolute Gasteiger partial charge is 0.137 e. The van der Waals surface area contributed by atoms with Gasteiger partial charge in [-0.05, 0) is 24.5 Å². The molecule has 15 heavy (non-hydrogen) atoms. The van der Waals surface area contributed by atoms with Crippen molar-refractivity contribution < 1.29 is 5.11 Å². The van der Waals surface area contributed by atoms with Crippen molar-refractivity contribution in [1.29, 1.82) is 0 Å². The number of nitrogens with zero attached hydrogens (tertiary/aromatic N) is 2. The molecule has 3 heteroatoms. The van der Waals surface area contributed by atoms with Crippen molar-refractivity contribution in [2.45, 2.75) is 32.8 Å². The summed E-state index contributed by atoms with van der Waals surface area (Å²) in [5.74, 6) is 0.430. The van der Waals surface area contributed by atoms with Gasteiger partial charge >= 0.3 is 0 Å². The lowest BCUT2D eigenvalue weighted by molar-refractivity contribution is 0.199. The lowest BCUT2D eigenvalue weighted by Gasteiger charge is -2.03. The van der Waals surface area contributed by atoms with E-state index in [2.05, 4.69) is 18.8 Å². The van der Waals surface area contributed by atoms with Crippen LogP contribution in [0.25, 0.3) is 5.65 Å². The number of fused-ring (bicyclic) bond motifs is 1. The highest BCUT2D eigenvalue weighted by atomic mass is 16.3. The molecule has 0 aromatic carbocycles. The molecule has 2 heterocycles. The minimum absolute atomic E-state index is 0.430. The van der Waals surface area contributed by atoms with E-state index in [-0.39, 0.29) is 0 Å². The number of aliphatic hydroxyl groups is 1. The van der Waals surface area contributed by atoms with Gasteiger partial charge in [-0.2, -0.15) is 0 Å². The monoisotopic (exact) mass is 204 g/mol. The molecular weight excluding hydrogens is 188 g/mol. The van der Waals surface area contributed by atoms with Gasteiger partial charge in [-0.3, -0.25) is 0 Å². The van der Waals surface area contributed by atoms with Crippen LogP contribution in [0.5, 0.6) is 0 Å². The van der Waals surface area contributed by atoms with Crippen LogP contribution in [0.4, 0.5) is 0 Å². The number of hydrogen-bond donors (Lipinski definition) is 1. The van der Waals surface area contributed by atoms with E-state index in [1.54, 1.807) is 6.92 Å². The molecule has 0 unspecified atom stereocenters. The minimum atomic E-state index is -0.431. The second-order valence-corrected chi connectivity index (χ2v) is 4.22. The Bertz CT molecular complexity index is 465. The first-order chi connectivity index (χ1) is 7.08. The molecule has 0 aliphatic rings. The second kappa shape index (κ2) is 3.66. The Morgan fingerprint density at radius 2 is 1.93 bits per heavy atom. The van der Waals surface area contributed by atoms with Crippen LogP contribution >= 0.6 is 0 Å². The van der Waals surface area contributed by atoms with Crippen LogP contribution in [-0.2, 0) is 0 Å². The number of hydrogen-bond acceptors (Lipinski definition) is 2. The van der Waals surface area contributed by atoms with E-state index in [0.29, 0.717) is 5.92 Å². The van der Waals surface area contributed by atoms with E-state index in [0.717, 1.165) is 16.9 Å². The van der Waals surface area contributed by atoms with Crippen molar-refractivity contribution in [3.8, 4) is 0 Å². The van der Waals surface area contributed by atoms with Gasteiger partial charge in [-0.25, -0.2) is 4.98 Å². The summed E-state index contributed by atoms with van der Waals surface area (Å²) in [5, 5.41) is 9.47. The maximum atomic E-state index is 9.47. The molecule has 2 aromatic rings. The average molecular weight is 204 g/mol. The van der Waals surface area contributed by atoms with E-state index < -0.39 is 6.10 Å². The number of pyridine rings is 1. The summed E-state index contributed by atoms with van der Waals surface area (Å²) in [4.78, 5) is 4.49. The van der Waals surface area contributed by atoms with Crippen LogP contribution in [0.1, 0.15) is 44.1 Å². The Kier molecular flexibility index (Phi) is 2.49. The molecule has 80 valence electrons. The number of aromatic nitrogens is 2. The summed E-state index contributed by atoms with van der Waals surface area (Å²) in [6.07, 6.45) is 3.52. The second-order valence-electron chi connectivity index (χ2n) is 4.22. The van der Waals surface area contributed by atoms with Gasteiger partial charge in [0.15, 0.2) is 0 Å². The van der Waals surface area contributed by atoms with Gasteiger partial charge in [0, 0.05) is 12.4 Å². The van der Waals surface area contributed by atoms with Gasteiger partial charge in [0.25, 0.3) is 0 Å². The Labute approximate surface area is 89.4 Å². The molecule has 0 fully saturated rings. The zero-order valence-electron chi connectivity index (χ0n) is 9.31. The van der Waals surface area contributed by atoms with E-state index in [1.807, 2.05) is 28.9 Å². The molecule has 1 atom stereocenters. The molecule has 0 amide bonds. The molecule has 1 N–H and O–H groups in total. The fourth-order valence-electron chi connectivity index (χ4n) is 1.55. The normalized spacial score (nSPS) is 13.7. The summed E-state index contributed by atoms with van der Waals surface area (Å²) in [5.41, 5.74) is 2.93. The summed E-state index contributed by atoms with van der Waals surface area (Å²) >= 11 is 0. The van der Waals surface area contributed by atoms with E-state index in [1.165, 1.54) is 0 Å². The molecule has 0 spiro atoms. The van der Waals surface area contributed by atoms with Gasteiger partial charge in [-0.15, -0.1) is 0 Å². The van der Waals surface area contributed by atoms with Gasteiger partial charge in [0.1, 0.15) is 5.65 Å². The molecular formula is C12H16N2O. The minimum Gasteiger partial charge on any atom is -0.389 e. The fraction of sp³-hybridized carbons (Fsp3) is 0.417. The lowest BCUT2D eigenvalue weighted by atomic mass is 10.2. The van der Waals surface area contributed by atoms with Gasteiger partial charge in [0.05, 0.1) is 11.8 Å². The highest BCUT2D eigenvalue weighted by Gasteiger charge is 2.07. The van der Waals surface area contributed by atoms with E-state index >= 15 is 0 Å². The van der Waals surface area contributed by atoms with Crippen LogP contribution in [0, 0.1) is 0 Å². The Hall–Kier alpha value is -1.35. The van der Waals surface area contributed by atoms with Crippen molar-refractivity contribution in [3.63, 3.8) is 0 Å². The summed E-state index contributed by atoms with van der Waals surface area (Å²) in [6.45, 7) is 6.01. The SMILES string of the molecule is CC(C)c1cn2cc([C@H](C)O)ccc2n1. The predicted molar refractivity (Wildman–Crippen MR) is 59.9 cm³/mol. The Morgan fingerprint density at radius 3 is 2.53 bits per heavy atom. The highest BCUT2D eigenvalue weighted by Crippen LogP contribution is 2.17. The van der Waals surface area contributed by atoms with Crippen molar-refractivity contribution in [1.82, 2.24) is 9.38 Å². The van der Waals surface area contributed by atoms with Crippen molar-refractivity contribution in [2.75, 3.05) is 0 Å². The standard InChI is InChI=1S/C12H16N2O/c1-8(2)11-7-14-6-10(9(3)15)4-5-12(14)13-11/h4-9,15H,1-3H3/t9-/m0/s1. The third-order valence-electron chi connectivity index (χ3n) is 2.57. The number of imidazole rings is 1. The van der Waals surface area contributed by atoms with Crippen LogP contribution in [0.2, 0.25) is 0 Å². The molecule has 2 aromatic heterocycles. The first-order valence-electron chi connectivity index (χ1n) is 5.24. The summed E-state index contributed by atoms with van der Waals surface area (Å²) < 4.78 is 1.97. The summed E-state index contributed by atoms with van der Waals surface area (Å²) in [7, 11) is 0. The number of rotatable bonds is 2. The molecule has 0 saturated carbocycles. The fourth-order valence-corrected chi connectivity index (χ4v) is 1.55.